The molecule has 0 radical (unpaired) electrons. The second-order valence-corrected chi connectivity index (χ2v) is 9.84. The molecular weight excluding hydrogens is 463 g/mol. The molecular formula is C33H41FO3. The first-order valence-corrected chi connectivity index (χ1v) is 13.9. The van der Waals surface area contributed by atoms with Crippen molar-refractivity contribution in [3.8, 4) is 22.6 Å². The third kappa shape index (κ3) is 9.35. The molecule has 3 aromatic carbocycles. The summed E-state index contributed by atoms with van der Waals surface area (Å²) in [5.41, 5.74) is 3.26. The van der Waals surface area contributed by atoms with Gasteiger partial charge in [-0.15, -0.1) is 0 Å². The summed E-state index contributed by atoms with van der Waals surface area (Å²) in [6.45, 7) is 6.38. The van der Waals surface area contributed by atoms with Crippen molar-refractivity contribution in [2.75, 3.05) is 0 Å². The summed E-state index contributed by atoms with van der Waals surface area (Å²) in [6, 6.07) is 19.8. The van der Waals surface area contributed by atoms with Crippen LogP contribution in [0.15, 0.2) is 66.7 Å². The predicted molar refractivity (Wildman–Crippen MR) is 150 cm³/mol. The predicted octanol–water partition coefficient (Wildman–Crippen LogP) is 9.57. The topological polar surface area (TPSA) is 35.5 Å². The summed E-state index contributed by atoms with van der Waals surface area (Å²) in [6.07, 6.45) is 11.5. The molecule has 0 amide bonds. The highest BCUT2D eigenvalue weighted by molar-refractivity contribution is 5.91. The van der Waals surface area contributed by atoms with E-state index in [-0.39, 0.29) is 17.7 Å². The largest absolute Gasteiger partial charge is 0.488 e. The van der Waals surface area contributed by atoms with Crippen LogP contribution in [0.25, 0.3) is 11.1 Å². The van der Waals surface area contributed by atoms with Gasteiger partial charge in [-0.2, -0.15) is 0 Å². The molecule has 4 heteroatoms. The minimum absolute atomic E-state index is 0.0236. The van der Waals surface area contributed by atoms with Gasteiger partial charge in [-0.1, -0.05) is 82.7 Å². The summed E-state index contributed by atoms with van der Waals surface area (Å²) >= 11 is 0. The summed E-state index contributed by atoms with van der Waals surface area (Å²) in [4.78, 5) is 12.6. The standard InChI is InChI=1S/C33H41FO3/c1-4-6-8-10-12-25(3)36-32-23-20-29(24-31(32)34)27-16-18-28(19-17-27)33(35)37-30-21-14-26(15-22-30)13-11-9-7-5-2/h14-25H,4-13H2,1-3H3. The molecule has 3 rings (SSSR count). The molecule has 3 aromatic rings. The Labute approximate surface area is 222 Å². The van der Waals surface area contributed by atoms with Gasteiger partial charge in [0.15, 0.2) is 11.6 Å². The van der Waals surface area contributed by atoms with Crippen molar-refractivity contribution in [2.45, 2.75) is 91.1 Å². The first kappa shape index (κ1) is 28.4. The van der Waals surface area contributed by atoms with Gasteiger partial charge in [0.1, 0.15) is 5.75 Å². The number of carbonyl (C=O) groups is 1. The van der Waals surface area contributed by atoms with Crippen molar-refractivity contribution in [3.63, 3.8) is 0 Å². The molecule has 0 bridgehead atoms. The lowest BCUT2D eigenvalue weighted by Crippen LogP contribution is -2.12. The van der Waals surface area contributed by atoms with E-state index in [4.69, 9.17) is 9.47 Å². The third-order valence-corrected chi connectivity index (χ3v) is 6.63. The molecule has 0 spiro atoms. The smallest absolute Gasteiger partial charge is 0.343 e. The fraction of sp³-hybridized carbons (Fsp3) is 0.424. The number of halogens is 1. The van der Waals surface area contributed by atoms with Crippen molar-refractivity contribution in [2.24, 2.45) is 0 Å². The number of ether oxygens (including phenoxy) is 2. The molecule has 0 aliphatic carbocycles. The molecule has 0 aliphatic rings. The van der Waals surface area contributed by atoms with Crippen molar-refractivity contribution < 1.29 is 18.7 Å². The third-order valence-electron chi connectivity index (χ3n) is 6.63. The zero-order chi connectivity index (χ0) is 26.5. The van der Waals surface area contributed by atoms with E-state index in [2.05, 4.69) is 13.8 Å². The maximum Gasteiger partial charge on any atom is 0.343 e. The maximum absolute atomic E-state index is 14.7. The molecule has 1 unspecified atom stereocenters. The first-order valence-electron chi connectivity index (χ1n) is 13.9. The van der Waals surface area contributed by atoms with Gasteiger partial charge in [-0.25, -0.2) is 9.18 Å². The summed E-state index contributed by atoms with van der Waals surface area (Å²) in [7, 11) is 0. The van der Waals surface area contributed by atoms with Gasteiger partial charge in [0.2, 0.25) is 0 Å². The number of rotatable bonds is 15. The van der Waals surface area contributed by atoms with Gasteiger partial charge in [-0.3, -0.25) is 0 Å². The van der Waals surface area contributed by atoms with E-state index in [0.29, 0.717) is 11.3 Å². The van der Waals surface area contributed by atoms with Crippen LogP contribution in [0.4, 0.5) is 4.39 Å². The van der Waals surface area contributed by atoms with Crippen LogP contribution in [0.3, 0.4) is 0 Å². The lowest BCUT2D eigenvalue weighted by Gasteiger charge is -2.16. The van der Waals surface area contributed by atoms with Crippen LogP contribution in [0.2, 0.25) is 0 Å². The fourth-order valence-corrected chi connectivity index (χ4v) is 4.36. The number of esters is 1. The highest BCUT2D eigenvalue weighted by Gasteiger charge is 2.12. The van der Waals surface area contributed by atoms with E-state index >= 15 is 0 Å². The molecule has 0 saturated heterocycles. The summed E-state index contributed by atoms with van der Waals surface area (Å²) < 4.78 is 26.1. The van der Waals surface area contributed by atoms with Crippen LogP contribution in [-0.4, -0.2) is 12.1 Å². The van der Waals surface area contributed by atoms with Crippen LogP contribution in [-0.2, 0) is 6.42 Å². The summed E-state index contributed by atoms with van der Waals surface area (Å²) in [5, 5.41) is 0. The Morgan fingerprint density at radius 2 is 1.43 bits per heavy atom. The molecule has 0 heterocycles. The van der Waals surface area contributed by atoms with E-state index in [1.807, 2.05) is 49.4 Å². The lowest BCUT2D eigenvalue weighted by atomic mass is 10.0. The zero-order valence-electron chi connectivity index (χ0n) is 22.6. The van der Waals surface area contributed by atoms with Crippen molar-refractivity contribution in [1.82, 2.24) is 0 Å². The number of unbranched alkanes of at least 4 members (excludes halogenated alkanes) is 6. The SMILES string of the molecule is CCCCCCc1ccc(OC(=O)c2ccc(-c3ccc(OC(C)CCCCCC)c(F)c3)cc2)cc1. The summed E-state index contributed by atoms with van der Waals surface area (Å²) in [5.74, 6) is 0.0165. The van der Waals surface area contributed by atoms with E-state index < -0.39 is 5.97 Å². The lowest BCUT2D eigenvalue weighted by molar-refractivity contribution is 0.0734. The van der Waals surface area contributed by atoms with Gasteiger partial charge in [0.25, 0.3) is 0 Å². The fourth-order valence-electron chi connectivity index (χ4n) is 4.36. The van der Waals surface area contributed by atoms with Crippen molar-refractivity contribution >= 4 is 5.97 Å². The molecule has 0 aromatic heterocycles. The number of hydrogen-bond acceptors (Lipinski definition) is 3. The molecule has 3 nitrogen and oxygen atoms in total. The minimum Gasteiger partial charge on any atom is -0.488 e. The van der Waals surface area contributed by atoms with E-state index in [1.54, 1.807) is 18.2 Å². The normalized spacial score (nSPS) is 11.8. The monoisotopic (exact) mass is 504 g/mol. The Kier molecular flexibility index (Phi) is 11.7. The number of aryl methyl sites for hydroxylation is 1. The average Bonchev–Trinajstić information content (AvgIpc) is 2.91. The number of hydrogen-bond donors (Lipinski definition) is 0. The quantitative estimate of drug-likeness (QED) is 0.117. The second kappa shape index (κ2) is 15.2. The van der Waals surface area contributed by atoms with Gasteiger partial charge in [0, 0.05) is 0 Å². The molecule has 1 atom stereocenters. The van der Waals surface area contributed by atoms with Crippen molar-refractivity contribution in [3.05, 3.63) is 83.7 Å². The molecule has 0 fully saturated rings. The van der Waals surface area contributed by atoms with E-state index in [1.165, 1.54) is 56.6 Å². The highest BCUT2D eigenvalue weighted by atomic mass is 19.1. The zero-order valence-corrected chi connectivity index (χ0v) is 22.6. The maximum atomic E-state index is 14.7. The molecule has 0 N–H and O–H groups in total. The molecule has 37 heavy (non-hydrogen) atoms. The van der Waals surface area contributed by atoms with Gasteiger partial charge in [0.05, 0.1) is 11.7 Å². The van der Waals surface area contributed by atoms with Gasteiger partial charge < -0.3 is 9.47 Å². The van der Waals surface area contributed by atoms with E-state index in [9.17, 15) is 9.18 Å². The van der Waals surface area contributed by atoms with Crippen LogP contribution < -0.4 is 9.47 Å². The van der Waals surface area contributed by atoms with Crippen molar-refractivity contribution in [1.29, 1.82) is 0 Å². The highest BCUT2D eigenvalue weighted by Crippen LogP contribution is 2.27. The van der Waals surface area contributed by atoms with Crippen LogP contribution in [0.5, 0.6) is 11.5 Å². The molecule has 198 valence electrons. The van der Waals surface area contributed by atoms with Gasteiger partial charge >= 0.3 is 5.97 Å². The minimum atomic E-state index is -0.412. The van der Waals surface area contributed by atoms with Crippen LogP contribution in [0.1, 0.15) is 94.5 Å². The second-order valence-electron chi connectivity index (χ2n) is 9.84. The number of benzene rings is 3. The first-order chi connectivity index (χ1) is 18.0. The average molecular weight is 505 g/mol. The van der Waals surface area contributed by atoms with Crippen LogP contribution >= 0.6 is 0 Å². The Morgan fingerprint density at radius 1 is 0.784 bits per heavy atom. The Morgan fingerprint density at radius 3 is 2.08 bits per heavy atom. The molecule has 0 saturated carbocycles. The Hall–Kier alpha value is -3.14. The van der Waals surface area contributed by atoms with Gasteiger partial charge in [-0.05, 0) is 85.7 Å². The number of carbonyl (C=O) groups excluding carboxylic acids is 1. The van der Waals surface area contributed by atoms with E-state index in [0.717, 1.165) is 30.4 Å². The Balaban J connectivity index is 1.54. The Bertz CT molecular complexity index is 1090. The van der Waals surface area contributed by atoms with Crippen LogP contribution in [0, 0.1) is 5.82 Å². The molecule has 0 aliphatic heterocycles.